The van der Waals surface area contributed by atoms with Crippen molar-refractivity contribution in [3.63, 3.8) is 0 Å². The molecule has 0 aliphatic carbocycles. The van der Waals surface area contributed by atoms with Gasteiger partial charge in [-0.3, -0.25) is 10.1 Å². The normalized spacial score (nSPS) is 12.6. The van der Waals surface area contributed by atoms with Crippen molar-refractivity contribution in [2.45, 2.75) is 13.5 Å². The molecule has 0 atom stereocenters. The molecular weight excluding hydrogens is 344 g/mol. The molecule has 0 amide bonds. The van der Waals surface area contributed by atoms with Gasteiger partial charge in [0.05, 0.1) is 10.9 Å². The van der Waals surface area contributed by atoms with Gasteiger partial charge in [-0.2, -0.15) is 0 Å². The summed E-state index contributed by atoms with van der Waals surface area (Å²) in [5.74, 6) is -0.644. The number of hydrogen-bond acceptors (Lipinski definition) is 6. The molecule has 132 valence electrons. The monoisotopic (exact) mass is 362 g/mol. The maximum absolute atomic E-state index is 12.3. The summed E-state index contributed by atoms with van der Waals surface area (Å²) in [5.41, 5.74) is 1.10. The van der Waals surface area contributed by atoms with Gasteiger partial charge in [0.15, 0.2) is 0 Å². The van der Waals surface area contributed by atoms with Crippen molar-refractivity contribution in [2.75, 3.05) is 12.9 Å². The highest BCUT2D eigenvalue weighted by Crippen LogP contribution is 2.23. The van der Waals surface area contributed by atoms with Crippen molar-refractivity contribution in [3.05, 3.63) is 75.7 Å². The highest BCUT2D eigenvalue weighted by molar-refractivity contribution is 8.02. The number of nitrogens with zero attached hydrogens (tertiary/aromatic N) is 4. The second-order valence-electron chi connectivity index (χ2n) is 4.89. The number of rotatable bonds is 8. The predicted molar refractivity (Wildman–Crippen MR) is 91.4 cm³/mol. The van der Waals surface area contributed by atoms with E-state index in [9.17, 15) is 15.2 Å². The summed E-state index contributed by atoms with van der Waals surface area (Å²) in [4.78, 5) is 10.4. The maximum atomic E-state index is 12.3. The molecule has 1 aromatic carbocycles. The van der Waals surface area contributed by atoms with E-state index < -0.39 is 10.9 Å². The third-order valence-electron chi connectivity index (χ3n) is 3.17. The lowest BCUT2D eigenvalue weighted by Crippen LogP contribution is -2.35. The second-order valence-corrected chi connectivity index (χ2v) is 5.74. The first kappa shape index (κ1) is 18.5. The second kappa shape index (κ2) is 8.88. The fourth-order valence-electron chi connectivity index (χ4n) is 2.13. The number of allylic oxidation sites excluding steroid dienone is 1. The molecule has 1 heterocycles. The van der Waals surface area contributed by atoms with Crippen LogP contribution in [-0.4, -0.2) is 27.6 Å². The Balaban J connectivity index is 2.39. The van der Waals surface area contributed by atoms with Crippen molar-refractivity contribution >= 4 is 17.5 Å². The molecule has 2 rings (SSSR count). The van der Waals surface area contributed by atoms with Gasteiger partial charge in [0.1, 0.15) is 17.1 Å². The molecule has 0 aliphatic heterocycles. The van der Waals surface area contributed by atoms with E-state index in [0.717, 1.165) is 23.5 Å². The molecule has 2 aromatic rings. The first-order chi connectivity index (χ1) is 12.0. The summed E-state index contributed by atoms with van der Waals surface area (Å²) in [6.07, 6.45) is 5.48. The van der Waals surface area contributed by atoms with Crippen LogP contribution >= 0.6 is 11.8 Å². The van der Waals surface area contributed by atoms with Crippen molar-refractivity contribution in [1.82, 2.24) is 9.78 Å². The van der Waals surface area contributed by atoms with Gasteiger partial charge < -0.3 is 9.84 Å². The molecule has 25 heavy (non-hydrogen) atoms. The first-order valence-electron chi connectivity index (χ1n) is 7.47. The Morgan fingerprint density at radius 2 is 2.16 bits per heavy atom. The number of benzene rings is 1. The SMILES string of the molecule is CCO/C([O-])=C(\C(=C\[N+](=O)[O-])SC)[n+]1cnn(Cc2ccccc2)c1. The molecule has 0 fully saturated rings. The summed E-state index contributed by atoms with van der Waals surface area (Å²) in [5, 5.41) is 27.4. The van der Waals surface area contributed by atoms with Gasteiger partial charge >= 0.3 is 0 Å². The fraction of sp³-hybridized carbons (Fsp3) is 0.250. The van der Waals surface area contributed by atoms with E-state index in [2.05, 4.69) is 5.10 Å². The topological polar surface area (TPSA) is 97.1 Å². The van der Waals surface area contributed by atoms with Crippen LogP contribution < -0.4 is 9.67 Å². The van der Waals surface area contributed by atoms with Gasteiger partial charge in [-0.1, -0.05) is 37.3 Å². The molecule has 0 saturated heterocycles. The van der Waals surface area contributed by atoms with Crippen LogP contribution in [0.5, 0.6) is 0 Å². The smallest absolute Gasteiger partial charge is 0.270 e. The predicted octanol–water partition coefficient (Wildman–Crippen LogP) is 1.22. The largest absolute Gasteiger partial charge is 0.611 e. The highest BCUT2D eigenvalue weighted by atomic mass is 32.2. The molecule has 0 bridgehead atoms. The van der Waals surface area contributed by atoms with E-state index in [4.69, 9.17) is 4.74 Å². The Kier molecular flexibility index (Phi) is 6.58. The van der Waals surface area contributed by atoms with E-state index >= 15 is 0 Å². The third-order valence-corrected chi connectivity index (χ3v) is 3.91. The molecule has 1 aromatic heterocycles. The summed E-state index contributed by atoms with van der Waals surface area (Å²) in [6, 6.07) is 9.69. The van der Waals surface area contributed by atoms with Crippen LogP contribution in [0.1, 0.15) is 12.5 Å². The van der Waals surface area contributed by atoms with Crippen molar-refractivity contribution in [2.24, 2.45) is 0 Å². The van der Waals surface area contributed by atoms with Crippen LogP contribution in [-0.2, 0) is 11.3 Å². The van der Waals surface area contributed by atoms with E-state index in [1.54, 1.807) is 24.2 Å². The summed E-state index contributed by atoms with van der Waals surface area (Å²) < 4.78 is 8.11. The van der Waals surface area contributed by atoms with Crippen molar-refractivity contribution in [3.8, 4) is 0 Å². The van der Waals surface area contributed by atoms with Gasteiger partial charge in [-0.25, -0.2) is 4.57 Å². The lowest BCUT2D eigenvalue weighted by atomic mass is 10.2. The number of ether oxygens (including phenoxy) is 1. The van der Waals surface area contributed by atoms with E-state index in [1.165, 1.54) is 10.9 Å². The van der Waals surface area contributed by atoms with Crippen molar-refractivity contribution < 1.29 is 19.3 Å². The molecule has 8 nitrogen and oxygen atoms in total. The number of thioether (sulfide) groups is 1. The molecule has 0 spiro atoms. The highest BCUT2D eigenvalue weighted by Gasteiger charge is 2.19. The number of hydrogen-bond donors (Lipinski definition) is 0. The van der Waals surface area contributed by atoms with Crippen molar-refractivity contribution in [1.29, 1.82) is 0 Å². The lowest BCUT2D eigenvalue weighted by Gasteiger charge is -2.16. The number of nitro groups is 1. The van der Waals surface area contributed by atoms with Crippen LogP contribution in [0.25, 0.3) is 5.70 Å². The van der Waals surface area contributed by atoms with Gasteiger partial charge in [0.25, 0.3) is 12.5 Å². The Morgan fingerprint density at radius 3 is 2.76 bits per heavy atom. The Labute approximate surface area is 149 Å². The average molecular weight is 362 g/mol. The molecule has 9 heteroatoms. The Hall–Kier alpha value is -2.81. The zero-order valence-corrected chi connectivity index (χ0v) is 14.7. The minimum absolute atomic E-state index is 0.0605. The van der Waals surface area contributed by atoms with E-state index in [-0.39, 0.29) is 17.2 Å². The molecule has 0 unspecified atom stereocenters. The van der Waals surface area contributed by atoms with Crippen LogP contribution in [0, 0.1) is 10.1 Å². The van der Waals surface area contributed by atoms with Crippen LogP contribution in [0.3, 0.4) is 0 Å². The van der Waals surface area contributed by atoms with Gasteiger partial charge in [0, 0.05) is 5.10 Å². The minimum Gasteiger partial charge on any atom is -0.611 e. The van der Waals surface area contributed by atoms with Gasteiger partial charge in [-0.15, -0.1) is 16.4 Å². The van der Waals surface area contributed by atoms with Gasteiger partial charge in [0.2, 0.25) is 6.33 Å². The van der Waals surface area contributed by atoms with Crippen LogP contribution in [0.15, 0.2) is 60.0 Å². The van der Waals surface area contributed by atoms with E-state index in [0.29, 0.717) is 6.54 Å². The molecule has 0 radical (unpaired) electrons. The van der Waals surface area contributed by atoms with E-state index in [1.807, 2.05) is 30.3 Å². The summed E-state index contributed by atoms with van der Waals surface area (Å²) in [7, 11) is 0. The van der Waals surface area contributed by atoms with Crippen LogP contribution in [0.4, 0.5) is 0 Å². The molecular formula is C16H18N4O4S. The molecule has 0 aliphatic rings. The molecule has 0 N–H and O–H groups in total. The Morgan fingerprint density at radius 1 is 1.44 bits per heavy atom. The minimum atomic E-state index is -0.644. The molecule has 0 saturated carbocycles. The summed E-state index contributed by atoms with van der Waals surface area (Å²) in [6.45, 7) is 2.35. The summed E-state index contributed by atoms with van der Waals surface area (Å²) >= 11 is 1.09. The van der Waals surface area contributed by atoms with Crippen LogP contribution in [0.2, 0.25) is 0 Å². The zero-order chi connectivity index (χ0) is 18.2. The fourth-order valence-corrected chi connectivity index (χ4v) is 2.71. The average Bonchev–Trinajstić information content (AvgIpc) is 3.03. The van der Waals surface area contributed by atoms with Gasteiger partial charge in [-0.05, 0) is 18.4 Å². The number of aromatic nitrogens is 3. The quantitative estimate of drug-likeness (QED) is 0.230. The standard InChI is InChI=1S/C16H18N4O4S/c1-3-24-16(21)15(14(25-2)10-20(22)23)18-11-17-19(12-18)9-13-7-5-4-6-8-13/h4-8,10-12H,3,9H2,1-2H3/b14-10-,16-15+. The third kappa shape index (κ3) is 5.08. The Bertz CT molecular complexity index is 786. The first-order valence-corrected chi connectivity index (χ1v) is 8.69. The maximum Gasteiger partial charge on any atom is 0.270 e. The lowest BCUT2D eigenvalue weighted by molar-refractivity contribution is -0.587. The zero-order valence-electron chi connectivity index (χ0n) is 13.9.